The number of carboxylic acid groups (broad SMARTS) is 1. The van der Waals surface area contributed by atoms with Crippen LogP contribution in [-0.2, 0) is 16.0 Å². The number of piperidine rings is 1. The Bertz CT molecular complexity index is 433. The number of carbonyl (C=O) groups is 2. The van der Waals surface area contributed by atoms with Crippen LogP contribution in [0.4, 0.5) is 0 Å². The van der Waals surface area contributed by atoms with Gasteiger partial charge in [0.1, 0.15) is 0 Å². The lowest BCUT2D eigenvalue weighted by Gasteiger charge is -2.36. The van der Waals surface area contributed by atoms with Gasteiger partial charge >= 0.3 is 5.97 Å². The zero-order chi connectivity index (χ0) is 13.2. The van der Waals surface area contributed by atoms with E-state index in [2.05, 4.69) is 10.2 Å². The first-order valence-corrected chi connectivity index (χ1v) is 6.01. The molecule has 1 aromatic rings. The van der Waals surface area contributed by atoms with Crippen molar-refractivity contribution in [3.63, 3.8) is 0 Å². The van der Waals surface area contributed by atoms with Crippen LogP contribution in [-0.4, -0.2) is 45.2 Å². The highest BCUT2D eigenvalue weighted by Crippen LogP contribution is 2.31. The van der Waals surface area contributed by atoms with Crippen LogP contribution < -0.4 is 0 Å². The highest BCUT2D eigenvalue weighted by molar-refractivity contribution is 5.79. The molecule has 2 N–H and O–H groups in total. The molecule has 1 aliphatic heterocycles. The summed E-state index contributed by atoms with van der Waals surface area (Å²) in [6.45, 7) is 2.76. The van der Waals surface area contributed by atoms with Gasteiger partial charge in [-0.2, -0.15) is 5.10 Å². The van der Waals surface area contributed by atoms with Crippen LogP contribution in [0.3, 0.4) is 0 Å². The van der Waals surface area contributed by atoms with E-state index in [0.29, 0.717) is 32.4 Å². The maximum atomic E-state index is 12.0. The van der Waals surface area contributed by atoms with Crippen molar-refractivity contribution in [2.45, 2.75) is 26.2 Å². The maximum absolute atomic E-state index is 12.0. The molecule has 6 nitrogen and oxygen atoms in total. The largest absolute Gasteiger partial charge is 0.481 e. The highest BCUT2D eigenvalue weighted by atomic mass is 16.4. The summed E-state index contributed by atoms with van der Waals surface area (Å²) in [5.74, 6) is -0.755. The number of hydrogen-bond acceptors (Lipinski definition) is 3. The van der Waals surface area contributed by atoms with Crippen LogP contribution in [0, 0.1) is 5.41 Å². The summed E-state index contributed by atoms with van der Waals surface area (Å²) in [4.78, 5) is 24.8. The predicted molar refractivity (Wildman–Crippen MR) is 63.8 cm³/mol. The topological polar surface area (TPSA) is 86.3 Å². The van der Waals surface area contributed by atoms with Gasteiger partial charge < -0.3 is 10.0 Å². The number of amides is 1. The first kappa shape index (κ1) is 12.6. The van der Waals surface area contributed by atoms with Gasteiger partial charge in [0.2, 0.25) is 5.91 Å². The first-order chi connectivity index (χ1) is 8.51. The molecule has 1 saturated heterocycles. The first-order valence-electron chi connectivity index (χ1n) is 6.01. The van der Waals surface area contributed by atoms with Crippen molar-refractivity contribution in [2.24, 2.45) is 5.41 Å². The monoisotopic (exact) mass is 251 g/mol. The molecule has 1 aliphatic rings. The van der Waals surface area contributed by atoms with E-state index in [9.17, 15) is 9.59 Å². The van der Waals surface area contributed by atoms with E-state index in [1.165, 1.54) is 0 Å². The SMILES string of the molecule is CC1(C(=O)O)CCN(C(=O)Cc2ccn[nH]2)CC1. The van der Waals surface area contributed by atoms with E-state index < -0.39 is 11.4 Å². The van der Waals surface area contributed by atoms with E-state index in [1.54, 1.807) is 24.1 Å². The molecule has 1 fully saturated rings. The van der Waals surface area contributed by atoms with Gasteiger partial charge in [-0.1, -0.05) is 0 Å². The second-order valence-corrected chi connectivity index (χ2v) is 5.01. The summed E-state index contributed by atoms with van der Waals surface area (Å²) in [5, 5.41) is 15.7. The molecule has 0 saturated carbocycles. The average molecular weight is 251 g/mol. The lowest BCUT2D eigenvalue weighted by Crippen LogP contribution is -2.45. The predicted octanol–water partition coefficient (Wildman–Crippen LogP) is 0.665. The number of H-pyrrole nitrogens is 1. The summed E-state index contributed by atoms with van der Waals surface area (Å²) in [5.41, 5.74) is 0.0941. The molecule has 0 unspecified atom stereocenters. The molecular formula is C12H17N3O3. The van der Waals surface area contributed by atoms with Gasteiger partial charge in [-0.15, -0.1) is 0 Å². The third-order valence-corrected chi connectivity index (χ3v) is 3.64. The molecule has 0 aromatic carbocycles. The van der Waals surface area contributed by atoms with E-state index in [1.807, 2.05) is 0 Å². The van der Waals surface area contributed by atoms with Crippen LogP contribution in [0.25, 0.3) is 0 Å². The van der Waals surface area contributed by atoms with Crippen molar-refractivity contribution in [3.05, 3.63) is 18.0 Å². The molecule has 0 radical (unpaired) electrons. The highest BCUT2D eigenvalue weighted by Gasteiger charge is 2.37. The van der Waals surface area contributed by atoms with Crippen molar-refractivity contribution in [1.82, 2.24) is 15.1 Å². The molecule has 18 heavy (non-hydrogen) atoms. The standard InChI is InChI=1S/C12H17N3O3/c1-12(11(17)18)3-6-15(7-4-12)10(16)8-9-2-5-13-14-9/h2,5H,3-4,6-8H2,1H3,(H,13,14)(H,17,18). The van der Waals surface area contributed by atoms with Crippen molar-refractivity contribution < 1.29 is 14.7 Å². The molecule has 2 heterocycles. The molecule has 0 atom stereocenters. The Morgan fingerprint density at radius 2 is 2.17 bits per heavy atom. The number of hydrogen-bond donors (Lipinski definition) is 2. The number of aliphatic carboxylic acids is 1. The zero-order valence-corrected chi connectivity index (χ0v) is 10.3. The maximum Gasteiger partial charge on any atom is 0.309 e. The van der Waals surface area contributed by atoms with E-state index in [0.717, 1.165) is 5.69 Å². The van der Waals surface area contributed by atoms with Crippen LogP contribution in [0.5, 0.6) is 0 Å². The van der Waals surface area contributed by atoms with E-state index in [4.69, 9.17) is 5.11 Å². The normalized spacial score (nSPS) is 18.6. The van der Waals surface area contributed by atoms with Gasteiger partial charge in [0.15, 0.2) is 0 Å². The second kappa shape index (κ2) is 4.80. The van der Waals surface area contributed by atoms with Gasteiger partial charge in [0.05, 0.1) is 11.8 Å². The smallest absolute Gasteiger partial charge is 0.309 e. The number of rotatable bonds is 3. The number of carboxylic acids is 1. The zero-order valence-electron chi connectivity index (χ0n) is 10.3. The molecule has 0 bridgehead atoms. The van der Waals surface area contributed by atoms with E-state index >= 15 is 0 Å². The van der Waals surface area contributed by atoms with Gasteiger partial charge in [-0.05, 0) is 25.8 Å². The van der Waals surface area contributed by atoms with Crippen molar-refractivity contribution in [2.75, 3.05) is 13.1 Å². The fourth-order valence-electron chi connectivity index (χ4n) is 2.12. The lowest BCUT2D eigenvalue weighted by atomic mass is 9.80. The molecule has 1 aromatic heterocycles. The van der Waals surface area contributed by atoms with Crippen molar-refractivity contribution >= 4 is 11.9 Å². The average Bonchev–Trinajstić information content (AvgIpc) is 2.82. The molecule has 2 rings (SSSR count). The fraction of sp³-hybridized carbons (Fsp3) is 0.583. The van der Waals surface area contributed by atoms with Crippen LogP contribution in [0.2, 0.25) is 0 Å². The Balaban J connectivity index is 1.90. The minimum atomic E-state index is -0.775. The van der Waals surface area contributed by atoms with Gasteiger partial charge in [-0.3, -0.25) is 14.7 Å². The fourth-order valence-corrected chi connectivity index (χ4v) is 2.12. The lowest BCUT2D eigenvalue weighted by molar-refractivity contribution is -0.152. The number of aromatic nitrogens is 2. The second-order valence-electron chi connectivity index (χ2n) is 5.01. The van der Waals surface area contributed by atoms with Crippen molar-refractivity contribution in [1.29, 1.82) is 0 Å². The Kier molecular flexibility index (Phi) is 3.36. The summed E-state index contributed by atoms with van der Waals surface area (Å²) in [6, 6.07) is 1.77. The third kappa shape index (κ3) is 2.52. The number of nitrogens with zero attached hydrogens (tertiary/aromatic N) is 2. The minimum Gasteiger partial charge on any atom is -0.481 e. The van der Waals surface area contributed by atoms with Crippen molar-refractivity contribution in [3.8, 4) is 0 Å². The molecule has 0 aliphatic carbocycles. The summed E-state index contributed by atoms with van der Waals surface area (Å²) in [7, 11) is 0. The minimum absolute atomic E-state index is 0.0201. The van der Waals surface area contributed by atoms with Gasteiger partial charge in [0.25, 0.3) is 0 Å². The van der Waals surface area contributed by atoms with Gasteiger partial charge in [0, 0.05) is 25.0 Å². The Hall–Kier alpha value is -1.85. The number of nitrogens with one attached hydrogen (secondary N) is 1. The van der Waals surface area contributed by atoms with E-state index in [-0.39, 0.29) is 5.91 Å². The summed E-state index contributed by atoms with van der Waals surface area (Å²) in [6.07, 6.45) is 2.93. The molecule has 1 amide bonds. The Morgan fingerprint density at radius 1 is 1.50 bits per heavy atom. The number of likely N-dealkylation sites (tertiary alicyclic amines) is 1. The quantitative estimate of drug-likeness (QED) is 0.826. The van der Waals surface area contributed by atoms with Crippen LogP contribution in [0.1, 0.15) is 25.5 Å². The number of carbonyl (C=O) groups excluding carboxylic acids is 1. The Labute approximate surface area is 105 Å². The van der Waals surface area contributed by atoms with Gasteiger partial charge in [-0.25, -0.2) is 0 Å². The third-order valence-electron chi connectivity index (χ3n) is 3.64. The molecule has 98 valence electrons. The number of aromatic amines is 1. The summed E-state index contributed by atoms with van der Waals surface area (Å²) < 4.78 is 0. The summed E-state index contributed by atoms with van der Waals surface area (Å²) >= 11 is 0. The molecular weight excluding hydrogens is 234 g/mol. The molecule has 6 heteroatoms. The van der Waals surface area contributed by atoms with Crippen LogP contribution in [0.15, 0.2) is 12.3 Å². The Morgan fingerprint density at radius 3 is 2.67 bits per heavy atom. The van der Waals surface area contributed by atoms with Crippen LogP contribution >= 0.6 is 0 Å². The molecule has 0 spiro atoms.